The van der Waals surface area contributed by atoms with Crippen molar-refractivity contribution in [1.82, 2.24) is 4.90 Å². The molecule has 5 heteroatoms. The van der Waals surface area contributed by atoms with Crippen LogP contribution in [0.15, 0.2) is 0 Å². The smallest absolute Gasteiger partial charge is 0.411 e. The highest BCUT2D eigenvalue weighted by Gasteiger charge is 2.62. The van der Waals surface area contributed by atoms with Crippen molar-refractivity contribution in [2.75, 3.05) is 6.54 Å². The summed E-state index contributed by atoms with van der Waals surface area (Å²) in [5, 5.41) is 0. The molecule has 0 radical (unpaired) electrons. The zero-order valence-electron chi connectivity index (χ0n) is 9.95. The molecular formula is C11H18N2O3. The van der Waals surface area contributed by atoms with Gasteiger partial charge >= 0.3 is 6.09 Å². The van der Waals surface area contributed by atoms with Gasteiger partial charge in [-0.3, -0.25) is 9.69 Å². The van der Waals surface area contributed by atoms with Crippen molar-refractivity contribution < 1.29 is 14.3 Å². The lowest BCUT2D eigenvalue weighted by Crippen LogP contribution is -2.58. The Kier molecular flexibility index (Phi) is 2.19. The Bertz CT molecular complexity index is 340. The third-order valence-corrected chi connectivity index (χ3v) is 3.28. The van der Waals surface area contributed by atoms with Gasteiger partial charge in [-0.1, -0.05) is 0 Å². The van der Waals surface area contributed by atoms with Crippen LogP contribution in [0.2, 0.25) is 0 Å². The summed E-state index contributed by atoms with van der Waals surface area (Å²) in [5.74, 6) is 0.00660. The normalized spacial score (nSPS) is 32.2. The average Bonchev–Trinajstić information content (AvgIpc) is 2.51. The van der Waals surface area contributed by atoms with Crippen molar-refractivity contribution in [2.24, 2.45) is 11.7 Å². The number of fused-ring (bicyclic) bond motifs is 1. The molecule has 0 atom stereocenters. The fraction of sp³-hybridized carbons (Fsp3) is 0.818. The largest absolute Gasteiger partial charge is 0.444 e. The Morgan fingerprint density at radius 1 is 1.38 bits per heavy atom. The second-order valence-electron chi connectivity index (χ2n) is 5.76. The SMILES string of the molecule is CC(C)(C)OC(=O)N1CC2CC1(C(N)=O)C2. The van der Waals surface area contributed by atoms with Crippen molar-refractivity contribution in [3.63, 3.8) is 0 Å². The number of carbonyl (C=O) groups excluding carboxylic acids is 2. The molecule has 0 aromatic carbocycles. The molecule has 2 saturated heterocycles. The summed E-state index contributed by atoms with van der Waals surface area (Å²) >= 11 is 0. The Morgan fingerprint density at radius 2 is 1.94 bits per heavy atom. The second-order valence-corrected chi connectivity index (χ2v) is 5.76. The molecule has 90 valence electrons. The number of carbonyl (C=O) groups is 2. The Labute approximate surface area is 94.9 Å². The number of hydrogen-bond donors (Lipinski definition) is 1. The van der Waals surface area contributed by atoms with E-state index in [1.165, 1.54) is 4.90 Å². The van der Waals surface area contributed by atoms with Crippen molar-refractivity contribution in [3.8, 4) is 0 Å². The minimum Gasteiger partial charge on any atom is -0.444 e. The molecule has 2 aliphatic heterocycles. The number of nitrogens with two attached hydrogens (primary N) is 1. The van der Waals surface area contributed by atoms with Gasteiger partial charge in [-0.15, -0.1) is 0 Å². The van der Waals surface area contributed by atoms with Crippen LogP contribution in [0.4, 0.5) is 4.79 Å². The van der Waals surface area contributed by atoms with E-state index < -0.39 is 23.1 Å². The van der Waals surface area contributed by atoms with E-state index in [0.717, 1.165) is 0 Å². The standard InChI is InChI=1S/C11H18N2O3/c1-10(2,3)16-9(15)13-6-7-4-11(13,5-7)8(12)14/h7H,4-6H2,1-3H3,(H2,12,14). The monoisotopic (exact) mass is 226 g/mol. The molecule has 16 heavy (non-hydrogen) atoms. The predicted octanol–water partition coefficient (Wildman–Crippen LogP) is 0.871. The van der Waals surface area contributed by atoms with Gasteiger partial charge in [-0.25, -0.2) is 4.79 Å². The molecule has 5 nitrogen and oxygen atoms in total. The van der Waals surface area contributed by atoms with Crippen LogP contribution in [0.25, 0.3) is 0 Å². The van der Waals surface area contributed by atoms with E-state index >= 15 is 0 Å². The molecule has 3 rings (SSSR count). The second kappa shape index (κ2) is 3.12. The van der Waals surface area contributed by atoms with Gasteiger partial charge in [0, 0.05) is 6.54 Å². The molecule has 1 aliphatic carbocycles. The summed E-state index contributed by atoms with van der Waals surface area (Å²) in [6, 6.07) is 0. The number of primary amides is 1. The van der Waals surface area contributed by atoms with Gasteiger partial charge in [0.15, 0.2) is 0 Å². The van der Waals surface area contributed by atoms with E-state index in [4.69, 9.17) is 10.5 Å². The third-order valence-electron chi connectivity index (χ3n) is 3.28. The summed E-state index contributed by atoms with van der Waals surface area (Å²) in [7, 11) is 0. The maximum absolute atomic E-state index is 11.9. The molecule has 2 heterocycles. The lowest BCUT2D eigenvalue weighted by molar-refractivity contribution is -0.130. The highest BCUT2D eigenvalue weighted by atomic mass is 16.6. The van der Waals surface area contributed by atoms with E-state index in [2.05, 4.69) is 0 Å². The van der Waals surface area contributed by atoms with Crippen molar-refractivity contribution in [1.29, 1.82) is 0 Å². The topological polar surface area (TPSA) is 72.6 Å². The van der Waals surface area contributed by atoms with Crippen LogP contribution >= 0.6 is 0 Å². The molecule has 0 unspecified atom stereocenters. The first-order chi connectivity index (χ1) is 7.24. The van der Waals surface area contributed by atoms with Crippen molar-refractivity contribution in [2.45, 2.75) is 44.8 Å². The van der Waals surface area contributed by atoms with E-state index in [1.807, 2.05) is 20.8 Å². The fourth-order valence-corrected chi connectivity index (χ4v) is 2.58. The minimum atomic E-state index is -0.757. The molecule has 0 aromatic rings. The van der Waals surface area contributed by atoms with Crippen LogP contribution in [0, 0.1) is 5.92 Å². The number of rotatable bonds is 1. The summed E-state index contributed by atoms with van der Waals surface area (Å²) in [6.07, 6.45) is 0.967. The fourth-order valence-electron chi connectivity index (χ4n) is 2.58. The summed E-state index contributed by atoms with van der Waals surface area (Å²) in [6.45, 7) is 6.02. The lowest BCUT2D eigenvalue weighted by atomic mass is 9.73. The predicted molar refractivity (Wildman–Crippen MR) is 57.6 cm³/mol. The molecular weight excluding hydrogens is 208 g/mol. The molecule has 0 spiro atoms. The third kappa shape index (κ3) is 1.54. The van der Waals surface area contributed by atoms with Gasteiger partial charge < -0.3 is 10.5 Å². The lowest BCUT2D eigenvalue weighted by Gasteiger charge is -2.39. The highest BCUT2D eigenvalue weighted by Crippen LogP contribution is 2.50. The Morgan fingerprint density at radius 3 is 2.38 bits per heavy atom. The molecule has 2 bridgehead atoms. The summed E-state index contributed by atoms with van der Waals surface area (Å²) in [5.41, 5.74) is 4.08. The Balaban J connectivity index is 2.11. The summed E-state index contributed by atoms with van der Waals surface area (Å²) < 4.78 is 5.27. The maximum atomic E-state index is 11.9. The molecule has 2 N–H and O–H groups in total. The Hall–Kier alpha value is -1.26. The molecule has 2 amide bonds. The number of hydrogen-bond acceptors (Lipinski definition) is 3. The molecule has 3 aliphatic rings. The molecule has 0 aromatic heterocycles. The van der Waals surface area contributed by atoms with Crippen LogP contribution < -0.4 is 5.73 Å². The van der Waals surface area contributed by atoms with Crippen molar-refractivity contribution in [3.05, 3.63) is 0 Å². The zero-order valence-corrected chi connectivity index (χ0v) is 9.95. The number of ether oxygens (including phenoxy) is 1. The minimum absolute atomic E-state index is 0.410. The van der Waals surface area contributed by atoms with Gasteiger partial charge in [0.25, 0.3) is 0 Å². The summed E-state index contributed by atoms with van der Waals surface area (Å²) in [4.78, 5) is 24.8. The van der Waals surface area contributed by atoms with Crippen LogP contribution in [-0.2, 0) is 9.53 Å². The van der Waals surface area contributed by atoms with Crippen LogP contribution in [-0.4, -0.2) is 34.6 Å². The highest BCUT2D eigenvalue weighted by molar-refractivity contribution is 5.91. The quantitative estimate of drug-likeness (QED) is 0.721. The average molecular weight is 226 g/mol. The van der Waals surface area contributed by atoms with Gasteiger partial charge in [-0.05, 0) is 39.5 Å². The first kappa shape index (κ1) is 11.2. The first-order valence-electron chi connectivity index (χ1n) is 5.55. The van der Waals surface area contributed by atoms with Gasteiger partial charge in [0.05, 0.1) is 0 Å². The number of nitrogens with zero attached hydrogens (tertiary/aromatic N) is 1. The van der Waals surface area contributed by atoms with Gasteiger partial charge in [0.1, 0.15) is 11.1 Å². The zero-order chi connectivity index (χ0) is 12.1. The van der Waals surface area contributed by atoms with Gasteiger partial charge in [-0.2, -0.15) is 0 Å². The van der Waals surface area contributed by atoms with E-state index in [9.17, 15) is 9.59 Å². The van der Waals surface area contributed by atoms with Crippen molar-refractivity contribution >= 4 is 12.0 Å². The number of amides is 2. The van der Waals surface area contributed by atoms with E-state index in [0.29, 0.717) is 25.3 Å². The first-order valence-corrected chi connectivity index (χ1v) is 5.55. The van der Waals surface area contributed by atoms with Crippen LogP contribution in [0.3, 0.4) is 0 Å². The van der Waals surface area contributed by atoms with Crippen LogP contribution in [0.1, 0.15) is 33.6 Å². The van der Waals surface area contributed by atoms with Gasteiger partial charge in [0.2, 0.25) is 5.91 Å². The molecule has 1 saturated carbocycles. The maximum Gasteiger partial charge on any atom is 0.411 e. The van der Waals surface area contributed by atoms with E-state index in [1.54, 1.807) is 0 Å². The molecule has 3 fully saturated rings. The van der Waals surface area contributed by atoms with Crippen LogP contribution in [0.5, 0.6) is 0 Å². The van der Waals surface area contributed by atoms with E-state index in [-0.39, 0.29) is 0 Å².